The summed E-state index contributed by atoms with van der Waals surface area (Å²) in [7, 11) is 6.23. The van der Waals surface area contributed by atoms with E-state index in [0.29, 0.717) is 69.4 Å². The molecule has 11 atom stereocenters. The summed E-state index contributed by atoms with van der Waals surface area (Å²) in [5, 5.41) is 55.1. The number of carbonyl (C=O) groups is 16. The van der Waals surface area contributed by atoms with Gasteiger partial charge in [0.2, 0.25) is 88.6 Å². The third-order valence-electron chi connectivity index (χ3n) is 22.1. The minimum absolute atomic E-state index is 0.0424. The first kappa shape index (κ1) is 103. The van der Waals surface area contributed by atoms with Crippen LogP contribution in [-0.4, -0.2) is 272 Å². The number of amides is 15. The molecule has 1 aliphatic rings. The van der Waals surface area contributed by atoms with Crippen LogP contribution in [0.4, 0.5) is 8.78 Å². The zero-order valence-electron chi connectivity index (χ0n) is 74.7. The molecule has 1 aromatic heterocycles. The van der Waals surface area contributed by atoms with Gasteiger partial charge in [0.15, 0.2) is 0 Å². The second-order valence-corrected chi connectivity index (χ2v) is 34.4. The van der Waals surface area contributed by atoms with Gasteiger partial charge in [0.25, 0.3) is 0 Å². The van der Waals surface area contributed by atoms with Crippen molar-refractivity contribution < 1.29 is 101 Å². The Balaban J connectivity index is 1.22. The summed E-state index contributed by atoms with van der Waals surface area (Å²) < 4.78 is 30.2. The molecule has 0 spiro atoms. The fourth-order valence-electron chi connectivity index (χ4n) is 15.1. The number of carboxylic acid groups (broad SMARTS) is 1. The van der Waals surface area contributed by atoms with Crippen molar-refractivity contribution in [3.63, 3.8) is 0 Å². The number of carboxylic acids is 1. The number of nitrogens with zero attached hydrogens (tertiary/aromatic N) is 5. The molecular formula is C93H116F2N16O19S. The number of halogens is 2. The number of benzene rings is 6. The average molecular weight is 1830 g/mol. The van der Waals surface area contributed by atoms with Crippen LogP contribution >= 0.6 is 11.8 Å². The zero-order valence-corrected chi connectivity index (χ0v) is 75.5. The Morgan fingerprint density at radius 2 is 0.947 bits per heavy atom. The SMILES string of the molecule is CCCC[C@H]1C(=O)N(C)CC(=O)N[C@@H](CC(=O)O)C(=O)N[C@@H](C(C)C)C(=O)N(C)[C@@H](Cc2ccccc2)C(=O)N[C@@H](Cc2ccc(O)cc2)C(=O)N(C)CC(=O)N[C@@H](Cc2c[nH]c3ccccc23)C(=O)N[C@@H](Cc2ccc(O)cc2)C(=O)N[C@@H](CC(C)C)C(=O)N[C@H](C(=O)NCC(N)=O)CSCC(=O)N[C@@H](Cc2cc(F)cc(F)c2)C(=O)N(C)[C@@H](Cc2ccccc2)C(=O)N1C. The minimum atomic E-state index is -1.95. The molecule has 15 N–H and O–H groups in total. The number of aromatic amines is 1. The van der Waals surface area contributed by atoms with Crippen molar-refractivity contribution in [1.82, 2.24) is 77.3 Å². The Morgan fingerprint density at radius 3 is 1.50 bits per heavy atom. The molecule has 8 rings (SSSR count). The lowest BCUT2D eigenvalue weighted by molar-refractivity contribution is -0.151. The van der Waals surface area contributed by atoms with Gasteiger partial charge >= 0.3 is 5.97 Å². The van der Waals surface area contributed by atoms with E-state index in [1.54, 1.807) is 126 Å². The molecule has 35 nitrogen and oxygen atoms in total. The highest BCUT2D eigenvalue weighted by Gasteiger charge is 2.42. The highest BCUT2D eigenvalue weighted by molar-refractivity contribution is 8.00. The first-order valence-corrected chi connectivity index (χ1v) is 44.0. The van der Waals surface area contributed by atoms with Crippen LogP contribution in [0.3, 0.4) is 0 Å². The molecule has 702 valence electrons. The number of primary amides is 1. The molecule has 0 bridgehead atoms. The molecule has 15 amide bonds. The van der Waals surface area contributed by atoms with Crippen LogP contribution in [0.5, 0.6) is 11.5 Å². The standard InChI is InChI=1S/C93H116F2N16O19S/c1-11-12-27-74-91(128)108(7)50-79(116)100-70(46-81(118)119)87(124)106-82(54(4)5)93(130)110(9)75(42-55-21-15-13-16-22-55)88(125)104-71(40-58-30-34-64(113)35-31-58)89(126)107(6)49-78(115)99-69(44-60-47-97-66-26-20-19-25-65(60)66)86(123)103-68(39-57-28-32-63(112)33-29-57)85(122)102-67(36-53(2)3)84(121)105-73(83(120)98-48-77(96)114)51-131-52-80(117)101-72(41-59-37-61(94)45-62(95)38-59)90(127)111(10)76(92(129)109(74)8)43-56-23-17-14-18-24-56/h13-26,28-35,37-38,45,47,53-54,67-76,82,97,112-113H,11-12,27,36,39-44,46,48-52H2,1-10H3,(H2,96,114)(H,98,120)(H,99,115)(H,100,116)(H,101,117)(H,102,122)(H,103,123)(H,104,125)(H,105,121)(H,106,124)(H,118,119)/t67-,68-,69-,70-,71-,72-,73-,74-,75-,76-,82-/m0/s1. The van der Waals surface area contributed by atoms with Gasteiger partial charge in [-0.2, -0.15) is 0 Å². The number of hydrogen-bond acceptors (Lipinski definition) is 19. The van der Waals surface area contributed by atoms with E-state index in [9.17, 15) is 58.5 Å². The Kier molecular flexibility index (Phi) is 38.5. The van der Waals surface area contributed by atoms with Crippen LogP contribution in [0.2, 0.25) is 0 Å². The first-order chi connectivity index (χ1) is 62.2. The summed E-state index contributed by atoms with van der Waals surface area (Å²) >= 11 is 0.714. The topological polar surface area (TPSA) is 500 Å². The fourth-order valence-corrected chi connectivity index (χ4v) is 15.9. The summed E-state index contributed by atoms with van der Waals surface area (Å²) in [5.74, 6) is -21.0. The molecule has 0 aliphatic carbocycles. The average Bonchev–Trinajstić information content (AvgIpc) is 1.41. The number of para-hydroxylation sites is 1. The number of aromatic hydroxyl groups is 2. The molecule has 1 saturated heterocycles. The van der Waals surface area contributed by atoms with Crippen molar-refractivity contribution in [2.75, 3.05) is 66.4 Å². The second-order valence-electron chi connectivity index (χ2n) is 33.4. The molecule has 1 aliphatic heterocycles. The number of aromatic nitrogens is 1. The van der Waals surface area contributed by atoms with Gasteiger partial charge in [-0.15, -0.1) is 11.8 Å². The number of unbranched alkanes of at least 4 members (excludes halogenated alkanes) is 1. The number of hydrogen-bond donors (Lipinski definition) is 14. The lowest BCUT2D eigenvalue weighted by atomic mass is 9.98. The van der Waals surface area contributed by atoms with E-state index in [0.717, 1.165) is 36.6 Å². The Bertz CT molecular complexity index is 5190. The first-order valence-electron chi connectivity index (χ1n) is 42.9. The third-order valence-corrected chi connectivity index (χ3v) is 23.2. The van der Waals surface area contributed by atoms with Crippen LogP contribution in [0.15, 0.2) is 158 Å². The fraction of sp³-hybridized carbons (Fsp3) is 0.419. The van der Waals surface area contributed by atoms with Gasteiger partial charge in [-0.3, -0.25) is 76.7 Å². The number of nitrogens with one attached hydrogen (secondary N) is 10. The van der Waals surface area contributed by atoms with Crippen molar-refractivity contribution in [3.8, 4) is 11.5 Å². The molecule has 131 heavy (non-hydrogen) atoms. The molecule has 0 saturated carbocycles. The van der Waals surface area contributed by atoms with Gasteiger partial charge in [0, 0.05) is 103 Å². The van der Waals surface area contributed by atoms with E-state index in [2.05, 4.69) is 52.8 Å². The van der Waals surface area contributed by atoms with Crippen molar-refractivity contribution in [3.05, 3.63) is 203 Å². The number of phenolic OH excluding ortho intramolecular Hbond substituents is 2. The van der Waals surface area contributed by atoms with E-state index in [1.807, 2.05) is 0 Å². The second kappa shape index (κ2) is 49.1. The van der Waals surface area contributed by atoms with Crippen LogP contribution < -0.4 is 53.6 Å². The lowest BCUT2D eigenvalue weighted by Crippen LogP contribution is -2.61. The van der Waals surface area contributed by atoms with Gasteiger partial charge < -0.3 is 98.4 Å². The largest absolute Gasteiger partial charge is 0.508 e. The number of H-pyrrole nitrogens is 1. The van der Waals surface area contributed by atoms with Gasteiger partial charge in [0.05, 0.1) is 31.8 Å². The lowest BCUT2D eigenvalue weighted by Gasteiger charge is -2.37. The molecule has 7 aromatic rings. The molecule has 1 fully saturated rings. The van der Waals surface area contributed by atoms with Crippen LogP contribution in [0.1, 0.15) is 100 Å². The molecule has 38 heteroatoms. The number of nitrogens with two attached hydrogens (primary N) is 1. The summed E-state index contributed by atoms with van der Waals surface area (Å²) in [6.45, 7) is 5.89. The maximum Gasteiger partial charge on any atom is 0.305 e. The van der Waals surface area contributed by atoms with Crippen LogP contribution in [0, 0.1) is 23.5 Å². The molecule has 2 heterocycles. The number of fused-ring (bicyclic) bond motifs is 1. The summed E-state index contributed by atoms with van der Waals surface area (Å²) in [6, 6.07) is 19.5. The molecule has 6 aromatic carbocycles. The van der Waals surface area contributed by atoms with Crippen LogP contribution in [-0.2, 0) is 115 Å². The van der Waals surface area contributed by atoms with Gasteiger partial charge in [-0.05, 0) is 101 Å². The van der Waals surface area contributed by atoms with Crippen molar-refractivity contribution in [2.45, 2.75) is 172 Å². The predicted molar refractivity (Wildman–Crippen MR) is 482 cm³/mol. The smallest absolute Gasteiger partial charge is 0.305 e. The monoisotopic (exact) mass is 1830 g/mol. The van der Waals surface area contributed by atoms with Crippen molar-refractivity contribution in [1.29, 1.82) is 0 Å². The van der Waals surface area contributed by atoms with Crippen molar-refractivity contribution in [2.24, 2.45) is 17.6 Å². The van der Waals surface area contributed by atoms with E-state index in [-0.39, 0.29) is 62.0 Å². The number of likely N-dealkylation sites (N-methyl/N-ethyl adjacent to an activating group) is 5. The van der Waals surface area contributed by atoms with Gasteiger partial charge in [-0.1, -0.05) is 151 Å². The third kappa shape index (κ3) is 31.0. The van der Waals surface area contributed by atoms with E-state index < -0.39 is 228 Å². The van der Waals surface area contributed by atoms with Gasteiger partial charge in [0.1, 0.15) is 89.6 Å². The van der Waals surface area contributed by atoms with Crippen LogP contribution in [0.25, 0.3) is 10.9 Å². The Labute approximate surface area is 761 Å². The zero-order chi connectivity index (χ0) is 96.0. The Hall–Kier alpha value is -13.8. The highest BCUT2D eigenvalue weighted by atomic mass is 32.2. The number of rotatable bonds is 23. The number of aliphatic carboxylic acids is 1. The predicted octanol–water partition coefficient (Wildman–Crippen LogP) is 2.60. The minimum Gasteiger partial charge on any atom is -0.508 e. The number of thioether (sulfide) groups is 1. The van der Waals surface area contributed by atoms with E-state index in [4.69, 9.17) is 5.73 Å². The van der Waals surface area contributed by atoms with Gasteiger partial charge in [-0.25, -0.2) is 8.78 Å². The van der Waals surface area contributed by atoms with E-state index in [1.165, 1.54) is 83.8 Å². The molecular weight excluding hydrogens is 1720 g/mol. The Morgan fingerprint density at radius 1 is 0.481 bits per heavy atom. The summed E-state index contributed by atoms with van der Waals surface area (Å²) in [5.41, 5.74) is 8.17. The van der Waals surface area contributed by atoms with E-state index >= 15 is 42.3 Å². The normalized spacial score (nSPS) is 21.8. The number of phenols is 2. The quantitative estimate of drug-likeness (QED) is 0.0438. The maximum absolute atomic E-state index is 15.5. The summed E-state index contributed by atoms with van der Waals surface area (Å²) in [4.78, 5) is 243. The highest BCUT2D eigenvalue weighted by Crippen LogP contribution is 2.25. The molecule has 0 radical (unpaired) electrons. The number of carbonyl (C=O) groups excluding carboxylic acids is 15. The van der Waals surface area contributed by atoms with Crippen molar-refractivity contribution >= 4 is 117 Å². The summed E-state index contributed by atoms with van der Waals surface area (Å²) in [6.07, 6.45) is -0.893. The molecule has 0 unspecified atom stereocenters. The maximum atomic E-state index is 15.5.